The first kappa shape index (κ1) is 17.2. The molecule has 0 aliphatic carbocycles. The van der Waals surface area contributed by atoms with Crippen molar-refractivity contribution in [1.29, 1.82) is 0 Å². The van der Waals surface area contributed by atoms with Crippen LogP contribution in [0.25, 0.3) is 11.0 Å². The van der Waals surface area contributed by atoms with Crippen LogP contribution in [-0.4, -0.2) is 40.3 Å². The number of amides is 1. The van der Waals surface area contributed by atoms with Gasteiger partial charge in [-0.2, -0.15) is 0 Å². The third kappa shape index (κ3) is 3.61. The minimum absolute atomic E-state index is 0.00738. The summed E-state index contributed by atoms with van der Waals surface area (Å²) in [6.45, 7) is 6.44. The monoisotopic (exact) mass is 319 g/mol. The van der Waals surface area contributed by atoms with Gasteiger partial charge in [0, 0.05) is 31.7 Å². The second kappa shape index (κ2) is 6.95. The molecule has 0 saturated carbocycles. The highest BCUT2D eigenvalue weighted by atomic mass is 16.1. The molecule has 0 saturated heterocycles. The first-order valence-electron chi connectivity index (χ1n) is 7.83. The maximum absolute atomic E-state index is 12.0. The second-order valence-electron chi connectivity index (χ2n) is 5.99. The van der Waals surface area contributed by atoms with Gasteiger partial charge < -0.3 is 10.6 Å². The highest BCUT2D eigenvalue weighted by Gasteiger charge is 2.16. The summed E-state index contributed by atoms with van der Waals surface area (Å²) < 4.78 is 1.63. The normalized spacial score (nSPS) is 12.6. The number of likely N-dealkylation sites (N-methyl/N-ethyl adjacent to an activating group) is 1. The standard InChI is InChI=1S/C16H25N5O2/c1-9(17-4)8-18-13(22)7-6-12-10(2)14-15(19-11(12)3)21(5)20-16(14)23/h9,17H,6-8H2,1-5H3,(H,18,22)(H,20,23). The molecule has 2 heterocycles. The Balaban J connectivity index is 2.16. The Morgan fingerprint density at radius 1 is 1.39 bits per heavy atom. The quantitative estimate of drug-likeness (QED) is 0.724. The fraction of sp³-hybridized carbons (Fsp3) is 0.562. The van der Waals surface area contributed by atoms with Crippen molar-refractivity contribution in [3.8, 4) is 0 Å². The van der Waals surface area contributed by atoms with Gasteiger partial charge in [0.25, 0.3) is 5.56 Å². The number of H-pyrrole nitrogens is 1. The van der Waals surface area contributed by atoms with Crippen LogP contribution in [-0.2, 0) is 18.3 Å². The molecule has 1 unspecified atom stereocenters. The Hall–Kier alpha value is -2.15. The Morgan fingerprint density at radius 3 is 2.74 bits per heavy atom. The van der Waals surface area contributed by atoms with Gasteiger partial charge in [-0.15, -0.1) is 0 Å². The molecule has 0 spiro atoms. The fourth-order valence-corrected chi connectivity index (χ4v) is 2.71. The van der Waals surface area contributed by atoms with E-state index in [2.05, 4.69) is 20.7 Å². The smallest absolute Gasteiger partial charge is 0.273 e. The molecule has 0 aliphatic heterocycles. The summed E-state index contributed by atoms with van der Waals surface area (Å²) in [5.41, 5.74) is 3.26. The number of aryl methyl sites for hydroxylation is 3. The van der Waals surface area contributed by atoms with Gasteiger partial charge in [0.15, 0.2) is 5.65 Å². The van der Waals surface area contributed by atoms with E-state index in [1.54, 1.807) is 11.7 Å². The molecule has 2 rings (SSSR count). The number of nitrogens with one attached hydrogen (secondary N) is 3. The van der Waals surface area contributed by atoms with Crippen LogP contribution in [0.5, 0.6) is 0 Å². The summed E-state index contributed by atoms with van der Waals surface area (Å²) in [5, 5.41) is 9.31. The zero-order chi connectivity index (χ0) is 17.1. The summed E-state index contributed by atoms with van der Waals surface area (Å²) in [6, 6.07) is 0.239. The van der Waals surface area contributed by atoms with E-state index < -0.39 is 0 Å². The van der Waals surface area contributed by atoms with Crippen molar-refractivity contribution in [2.24, 2.45) is 7.05 Å². The summed E-state index contributed by atoms with van der Waals surface area (Å²) in [7, 11) is 3.63. The SMILES string of the molecule is CNC(C)CNC(=O)CCc1c(C)nc2c(c1C)c(=O)[nH]n2C. The fourth-order valence-electron chi connectivity index (χ4n) is 2.71. The molecule has 2 aromatic rings. The number of nitrogens with zero attached hydrogens (tertiary/aromatic N) is 2. The van der Waals surface area contributed by atoms with E-state index in [0.29, 0.717) is 30.4 Å². The number of carbonyl (C=O) groups excluding carboxylic acids is 1. The number of hydrogen-bond acceptors (Lipinski definition) is 4. The average Bonchev–Trinajstić information content (AvgIpc) is 2.78. The van der Waals surface area contributed by atoms with E-state index in [1.807, 2.05) is 27.8 Å². The third-order valence-electron chi connectivity index (χ3n) is 4.28. The highest BCUT2D eigenvalue weighted by molar-refractivity contribution is 5.81. The molecule has 0 aromatic carbocycles. The Bertz CT molecular complexity index is 775. The van der Waals surface area contributed by atoms with E-state index >= 15 is 0 Å². The predicted octanol–water partition coefficient (Wildman–Crippen LogP) is 0.535. The number of hydrogen-bond donors (Lipinski definition) is 3. The molecule has 3 N–H and O–H groups in total. The summed E-state index contributed by atoms with van der Waals surface area (Å²) in [5.74, 6) is 0.00738. The predicted molar refractivity (Wildman–Crippen MR) is 90.7 cm³/mol. The molecular weight excluding hydrogens is 294 g/mol. The first-order valence-corrected chi connectivity index (χ1v) is 7.83. The van der Waals surface area contributed by atoms with E-state index in [0.717, 1.165) is 16.8 Å². The van der Waals surface area contributed by atoms with Crippen LogP contribution in [0, 0.1) is 13.8 Å². The summed E-state index contributed by atoms with van der Waals surface area (Å²) >= 11 is 0. The van der Waals surface area contributed by atoms with Gasteiger partial charge in [-0.25, -0.2) is 4.98 Å². The minimum Gasteiger partial charge on any atom is -0.355 e. The van der Waals surface area contributed by atoms with E-state index in [1.165, 1.54) is 0 Å². The molecule has 23 heavy (non-hydrogen) atoms. The molecule has 1 amide bonds. The maximum atomic E-state index is 12.0. The van der Waals surface area contributed by atoms with Gasteiger partial charge in [0.1, 0.15) is 0 Å². The van der Waals surface area contributed by atoms with Crippen LogP contribution in [0.1, 0.15) is 30.2 Å². The molecule has 0 aliphatic rings. The van der Waals surface area contributed by atoms with Gasteiger partial charge >= 0.3 is 0 Å². The van der Waals surface area contributed by atoms with Crippen molar-refractivity contribution >= 4 is 16.9 Å². The Kier molecular flexibility index (Phi) is 5.20. The molecule has 7 nitrogen and oxygen atoms in total. The lowest BCUT2D eigenvalue weighted by Gasteiger charge is -2.13. The van der Waals surface area contributed by atoms with Crippen LogP contribution in [0.2, 0.25) is 0 Å². The van der Waals surface area contributed by atoms with Crippen LogP contribution in [0.3, 0.4) is 0 Å². The molecule has 7 heteroatoms. The number of pyridine rings is 1. The number of fused-ring (bicyclic) bond motifs is 1. The first-order chi connectivity index (χ1) is 10.8. The maximum Gasteiger partial charge on any atom is 0.273 e. The van der Waals surface area contributed by atoms with Gasteiger partial charge in [-0.3, -0.25) is 19.4 Å². The lowest BCUT2D eigenvalue weighted by atomic mass is 10.0. The number of aromatic amines is 1. The Labute approximate surface area is 135 Å². The minimum atomic E-state index is -0.138. The summed E-state index contributed by atoms with van der Waals surface area (Å²) in [4.78, 5) is 28.5. The molecule has 0 fully saturated rings. The highest BCUT2D eigenvalue weighted by Crippen LogP contribution is 2.20. The van der Waals surface area contributed by atoms with E-state index in [9.17, 15) is 9.59 Å². The lowest BCUT2D eigenvalue weighted by molar-refractivity contribution is -0.121. The van der Waals surface area contributed by atoms with E-state index in [-0.39, 0.29) is 17.5 Å². The molecule has 2 aromatic heterocycles. The van der Waals surface area contributed by atoms with E-state index in [4.69, 9.17) is 0 Å². The van der Waals surface area contributed by atoms with Crippen molar-refractivity contribution in [3.05, 3.63) is 27.2 Å². The molecular formula is C16H25N5O2. The zero-order valence-electron chi connectivity index (χ0n) is 14.4. The molecule has 126 valence electrons. The van der Waals surface area contributed by atoms with Crippen LogP contribution in [0.4, 0.5) is 0 Å². The average molecular weight is 319 g/mol. The second-order valence-corrected chi connectivity index (χ2v) is 5.99. The van der Waals surface area contributed by atoms with Crippen LogP contribution < -0.4 is 16.2 Å². The Morgan fingerprint density at radius 2 is 2.09 bits per heavy atom. The van der Waals surface area contributed by atoms with Crippen molar-refractivity contribution in [3.63, 3.8) is 0 Å². The number of rotatable bonds is 6. The van der Waals surface area contributed by atoms with Crippen molar-refractivity contribution in [2.75, 3.05) is 13.6 Å². The van der Waals surface area contributed by atoms with Gasteiger partial charge in [0.05, 0.1) is 5.39 Å². The van der Waals surface area contributed by atoms with Crippen molar-refractivity contribution < 1.29 is 4.79 Å². The molecule has 0 bridgehead atoms. The summed E-state index contributed by atoms with van der Waals surface area (Å²) in [6.07, 6.45) is 0.963. The van der Waals surface area contributed by atoms with Crippen molar-refractivity contribution in [2.45, 2.75) is 39.7 Å². The molecule has 1 atom stereocenters. The van der Waals surface area contributed by atoms with Gasteiger partial charge in [0.2, 0.25) is 5.91 Å². The zero-order valence-corrected chi connectivity index (χ0v) is 14.4. The number of carbonyl (C=O) groups is 1. The van der Waals surface area contributed by atoms with Gasteiger partial charge in [-0.05, 0) is 45.4 Å². The number of aromatic nitrogens is 3. The topological polar surface area (TPSA) is 91.8 Å². The van der Waals surface area contributed by atoms with Gasteiger partial charge in [-0.1, -0.05) is 0 Å². The van der Waals surface area contributed by atoms with Crippen LogP contribution in [0.15, 0.2) is 4.79 Å². The lowest BCUT2D eigenvalue weighted by Crippen LogP contribution is -2.37. The molecule has 0 radical (unpaired) electrons. The van der Waals surface area contributed by atoms with Crippen molar-refractivity contribution in [1.82, 2.24) is 25.4 Å². The van der Waals surface area contributed by atoms with Crippen LogP contribution >= 0.6 is 0 Å². The largest absolute Gasteiger partial charge is 0.355 e. The third-order valence-corrected chi connectivity index (χ3v) is 4.28.